The lowest BCUT2D eigenvalue weighted by Gasteiger charge is -2.17. The van der Waals surface area contributed by atoms with Crippen molar-refractivity contribution in [2.24, 2.45) is 5.92 Å². The van der Waals surface area contributed by atoms with E-state index in [0.29, 0.717) is 6.42 Å². The highest BCUT2D eigenvalue weighted by Crippen LogP contribution is 2.34. The Kier molecular flexibility index (Phi) is 2.88. The van der Waals surface area contributed by atoms with Crippen LogP contribution in [-0.4, -0.2) is 10.9 Å². The van der Waals surface area contributed by atoms with Crippen molar-refractivity contribution in [3.63, 3.8) is 0 Å². The third-order valence-corrected chi connectivity index (χ3v) is 3.85. The van der Waals surface area contributed by atoms with Gasteiger partial charge >= 0.3 is 0 Å². The number of aliphatic hydroxyl groups excluding tert-OH is 1. The smallest absolute Gasteiger partial charge is 0.138 e. The van der Waals surface area contributed by atoms with Gasteiger partial charge in [0.2, 0.25) is 0 Å². The number of carbonyl (C=O) groups is 1. The van der Waals surface area contributed by atoms with E-state index >= 15 is 0 Å². The monoisotopic (exact) mass is 240 g/mol. The molecule has 3 rings (SSSR count). The number of hydrogen-bond acceptors (Lipinski definition) is 2. The minimum Gasteiger partial charge on any atom is -0.388 e. The molecule has 0 aromatic heterocycles. The molecule has 0 bridgehead atoms. The summed E-state index contributed by atoms with van der Waals surface area (Å²) in [7, 11) is 0. The number of fused-ring (bicyclic) bond motifs is 1. The van der Waals surface area contributed by atoms with E-state index in [4.69, 9.17) is 0 Å². The number of hydrogen-bond donors (Lipinski definition) is 1. The SMILES string of the molecule is O=C1CCC[C@H]1[C@@H](O)c1ccc2ccccc2c1. The van der Waals surface area contributed by atoms with E-state index in [-0.39, 0.29) is 11.7 Å². The number of aliphatic hydroxyl groups is 1. The molecule has 18 heavy (non-hydrogen) atoms. The number of benzene rings is 2. The summed E-state index contributed by atoms with van der Waals surface area (Å²) >= 11 is 0. The van der Waals surface area contributed by atoms with Crippen molar-refractivity contribution in [1.82, 2.24) is 0 Å². The van der Waals surface area contributed by atoms with Gasteiger partial charge in [-0.05, 0) is 35.2 Å². The lowest BCUT2D eigenvalue weighted by Crippen LogP contribution is -2.16. The van der Waals surface area contributed by atoms with Crippen molar-refractivity contribution in [2.45, 2.75) is 25.4 Å². The van der Waals surface area contributed by atoms with Crippen LogP contribution in [0.4, 0.5) is 0 Å². The fraction of sp³-hybridized carbons (Fsp3) is 0.312. The lowest BCUT2D eigenvalue weighted by molar-refractivity contribution is -0.123. The van der Waals surface area contributed by atoms with Crippen molar-refractivity contribution in [2.75, 3.05) is 0 Å². The zero-order chi connectivity index (χ0) is 12.5. The van der Waals surface area contributed by atoms with Crippen LogP contribution in [0.15, 0.2) is 42.5 Å². The predicted octanol–water partition coefficient (Wildman–Crippen LogP) is 3.24. The van der Waals surface area contributed by atoms with E-state index in [1.807, 2.05) is 42.5 Å². The molecule has 0 aliphatic heterocycles. The van der Waals surface area contributed by atoms with Gasteiger partial charge in [-0.2, -0.15) is 0 Å². The zero-order valence-corrected chi connectivity index (χ0v) is 10.2. The molecule has 2 heteroatoms. The van der Waals surface area contributed by atoms with Crippen molar-refractivity contribution >= 4 is 16.6 Å². The lowest BCUT2D eigenvalue weighted by atomic mass is 9.92. The molecule has 1 aliphatic rings. The fourth-order valence-corrected chi connectivity index (χ4v) is 2.80. The molecule has 0 saturated heterocycles. The van der Waals surface area contributed by atoms with Gasteiger partial charge in [-0.15, -0.1) is 0 Å². The van der Waals surface area contributed by atoms with Crippen molar-refractivity contribution in [1.29, 1.82) is 0 Å². The molecule has 1 N–H and O–H groups in total. The fourth-order valence-electron chi connectivity index (χ4n) is 2.80. The molecule has 0 unspecified atom stereocenters. The van der Waals surface area contributed by atoms with Gasteiger partial charge in [0.05, 0.1) is 6.10 Å². The summed E-state index contributed by atoms with van der Waals surface area (Å²) < 4.78 is 0. The highest BCUT2D eigenvalue weighted by atomic mass is 16.3. The van der Waals surface area contributed by atoms with Crippen molar-refractivity contribution in [3.05, 3.63) is 48.0 Å². The molecule has 0 spiro atoms. The molecule has 1 saturated carbocycles. The zero-order valence-electron chi connectivity index (χ0n) is 10.2. The van der Waals surface area contributed by atoms with Gasteiger partial charge in [-0.3, -0.25) is 4.79 Å². The maximum absolute atomic E-state index is 11.7. The first-order valence-electron chi connectivity index (χ1n) is 6.45. The van der Waals surface area contributed by atoms with Crippen LogP contribution >= 0.6 is 0 Å². The number of rotatable bonds is 2. The molecule has 0 radical (unpaired) electrons. The van der Waals surface area contributed by atoms with Crippen LogP contribution in [0.2, 0.25) is 0 Å². The van der Waals surface area contributed by atoms with E-state index in [0.717, 1.165) is 29.2 Å². The highest BCUT2D eigenvalue weighted by Gasteiger charge is 2.31. The van der Waals surface area contributed by atoms with Crippen LogP contribution in [0.5, 0.6) is 0 Å². The van der Waals surface area contributed by atoms with Crippen LogP contribution in [0.3, 0.4) is 0 Å². The molecule has 2 aromatic carbocycles. The number of Topliss-reactive ketones (excluding diaryl/α,β-unsaturated/α-hetero) is 1. The van der Waals surface area contributed by atoms with E-state index in [2.05, 4.69) is 0 Å². The topological polar surface area (TPSA) is 37.3 Å². The van der Waals surface area contributed by atoms with Crippen molar-refractivity contribution in [3.8, 4) is 0 Å². The van der Waals surface area contributed by atoms with Crippen LogP contribution in [0.1, 0.15) is 30.9 Å². The third kappa shape index (κ3) is 1.93. The number of ketones is 1. The van der Waals surface area contributed by atoms with Gasteiger partial charge < -0.3 is 5.11 Å². The Bertz CT molecular complexity index is 588. The van der Waals surface area contributed by atoms with Gasteiger partial charge in [0.1, 0.15) is 5.78 Å². The molecule has 2 atom stereocenters. The van der Waals surface area contributed by atoms with Crippen LogP contribution in [0, 0.1) is 5.92 Å². The Morgan fingerprint density at radius 1 is 1.11 bits per heavy atom. The van der Waals surface area contributed by atoms with Gasteiger partial charge in [-0.25, -0.2) is 0 Å². The molecule has 0 amide bonds. The Morgan fingerprint density at radius 3 is 2.61 bits per heavy atom. The van der Waals surface area contributed by atoms with E-state index in [1.54, 1.807) is 0 Å². The molecule has 2 nitrogen and oxygen atoms in total. The van der Waals surface area contributed by atoms with Gasteiger partial charge in [0, 0.05) is 12.3 Å². The molecule has 1 fully saturated rings. The predicted molar refractivity (Wildman–Crippen MR) is 71.3 cm³/mol. The molecule has 92 valence electrons. The normalized spacial score (nSPS) is 21.4. The molecular formula is C16H16O2. The molecule has 0 heterocycles. The second-order valence-electron chi connectivity index (χ2n) is 5.02. The quantitative estimate of drug-likeness (QED) is 0.875. The van der Waals surface area contributed by atoms with E-state index in [9.17, 15) is 9.90 Å². The molecular weight excluding hydrogens is 224 g/mol. The Hall–Kier alpha value is -1.67. The van der Waals surface area contributed by atoms with Crippen LogP contribution in [0.25, 0.3) is 10.8 Å². The Morgan fingerprint density at radius 2 is 1.89 bits per heavy atom. The first-order chi connectivity index (χ1) is 8.75. The van der Waals surface area contributed by atoms with E-state index in [1.165, 1.54) is 0 Å². The highest BCUT2D eigenvalue weighted by molar-refractivity contribution is 5.85. The van der Waals surface area contributed by atoms with Gasteiger partial charge in [0.15, 0.2) is 0 Å². The summed E-state index contributed by atoms with van der Waals surface area (Å²) in [6.07, 6.45) is 1.70. The van der Waals surface area contributed by atoms with Crippen LogP contribution in [-0.2, 0) is 4.79 Å². The standard InChI is InChI=1S/C16H16O2/c17-15-7-3-6-14(15)16(18)13-9-8-11-4-1-2-5-12(11)10-13/h1-2,4-5,8-10,14,16,18H,3,6-7H2/t14-,16+/m1/s1. The minimum absolute atomic E-state index is 0.203. The average Bonchev–Trinajstić information content (AvgIpc) is 2.83. The second-order valence-corrected chi connectivity index (χ2v) is 5.02. The maximum Gasteiger partial charge on any atom is 0.138 e. The maximum atomic E-state index is 11.7. The second kappa shape index (κ2) is 4.54. The summed E-state index contributed by atoms with van der Waals surface area (Å²) in [5.74, 6) is 0.00169. The third-order valence-electron chi connectivity index (χ3n) is 3.85. The molecule has 2 aromatic rings. The Balaban J connectivity index is 1.96. The van der Waals surface area contributed by atoms with Gasteiger partial charge in [-0.1, -0.05) is 36.4 Å². The summed E-state index contributed by atoms with van der Waals surface area (Å²) in [5, 5.41) is 12.6. The summed E-state index contributed by atoms with van der Waals surface area (Å²) in [6, 6.07) is 14.0. The number of carbonyl (C=O) groups excluding carboxylic acids is 1. The van der Waals surface area contributed by atoms with Crippen molar-refractivity contribution < 1.29 is 9.90 Å². The first-order valence-corrected chi connectivity index (χ1v) is 6.45. The van der Waals surface area contributed by atoms with E-state index < -0.39 is 6.10 Å². The molecule has 1 aliphatic carbocycles. The average molecular weight is 240 g/mol. The Labute approximate surface area is 106 Å². The minimum atomic E-state index is -0.649. The van der Waals surface area contributed by atoms with Crippen LogP contribution < -0.4 is 0 Å². The largest absolute Gasteiger partial charge is 0.388 e. The summed E-state index contributed by atoms with van der Waals surface area (Å²) in [5.41, 5.74) is 0.856. The summed E-state index contributed by atoms with van der Waals surface area (Å²) in [4.78, 5) is 11.7. The summed E-state index contributed by atoms with van der Waals surface area (Å²) in [6.45, 7) is 0. The van der Waals surface area contributed by atoms with Gasteiger partial charge in [0.25, 0.3) is 0 Å². The first kappa shape index (κ1) is 11.4.